The maximum Gasteiger partial charge on any atom is 0.272 e. The van der Waals surface area contributed by atoms with Gasteiger partial charge in [-0.15, -0.1) is 0 Å². The number of carbonyl (C=O) groups is 1. The molecule has 1 amide bonds. The molecule has 1 saturated heterocycles. The minimum Gasteiger partial charge on any atom is -0.472 e. The average Bonchev–Trinajstić information content (AvgIpc) is 3.16. The molecule has 2 aromatic heterocycles. The van der Waals surface area contributed by atoms with E-state index < -0.39 is 0 Å². The Kier molecular flexibility index (Phi) is 4.29. The molecule has 0 saturated carbocycles. The smallest absolute Gasteiger partial charge is 0.272 e. The van der Waals surface area contributed by atoms with Gasteiger partial charge in [-0.25, -0.2) is 0 Å². The van der Waals surface area contributed by atoms with Gasteiger partial charge in [0.25, 0.3) is 5.91 Å². The molecule has 1 atom stereocenters. The molecule has 3 rings (SSSR count). The largest absolute Gasteiger partial charge is 0.472 e. The summed E-state index contributed by atoms with van der Waals surface area (Å²) in [6.07, 6.45) is 5.18. The van der Waals surface area contributed by atoms with Crippen molar-refractivity contribution in [1.29, 1.82) is 0 Å². The maximum atomic E-state index is 12.8. The van der Waals surface area contributed by atoms with Gasteiger partial charge >= 0.3 is 0 Å². The van der Waals surface area contributed by atoms with Crippen molar-refractivity contribution in [2.75, 3.05) is 26.7 Å². The number of likely N-dealkylation sites (N-methyl/N-ethyl adjacent to an activating group) is 1. The minimum atomic E-state index is 0.0318. The maximum absolute atomic E-state index is 12.8. The zero-order chi connectivity index (χ0) is 15.5. The molecule has 118 valence electrons. The van der Waals surface area contributed by atoms with Crippen molar-refractivity contribution in [1.82, 2.24) is 20.0 Å². The summed E-state index contributed by atoms with van der Waals surface area (Å²) < 4.78 is 5.06. The summed E-state index contributed by atoms with van der Waals surface area (Å²) in [6, 6.07) is 3.88. The van der Waals surface area contributed by atoms with Crippen LogP contribution in [0.4, 0.5) is 0 Å². The number of hydrogen-bond donors (Lipinski definition) is 1. The van der Waals surface area contributed by atoms with Gasteiger partial charge in [0.15, 0.2) is 0 Å². The third-order valence-electron chi connectivity index (χ3n) is 4.26. The second-order valence-electron chi connectivity index (χ2n) is 5.86. The van der Waals surface area contributed by atoms with Crippen LogP contribution in [0.15, 0.2) is 29.1 Å². The van der Waals surface area contributed by atoms with Gasteiger partial charge in [0.2, 0.25) is 0 Å². The van der Waals surface area contributed by atoms with Crippen molar-refractivity contribution in [3.05, 3.63) is 30.4 Å². The fraction of sp³-hybridized carbons (Fsp3) is 0.500. The summed E-state index contributed by atoms with van der Waals surface area (Å²) in [7, 11) is 2.11. The Labute approximate surface area is 130 Å². The molecular weight excluding hydrogens is 280 g/mol. The lowest BCUT2D eigenvalue weighted by atomic mass is 10.1. The molecule has 22 heavy (non-hydrogen) atoms. The van der Waals surface area contributed by atoms with Crippen LogP contribution in [0.2, 0.25) is 0 Å². The van der Waals surface area contributed by atoms with Crippen molar-refractivity contribution < 1.29 is 9.21 Å². The van der Waals surface area contributed by atoms with Gasteiger partial charge < -0.3 is 14.2 Å². The van der Waals surface area contributed by atoms with Gasteiger partial charge in [-0.1, -0.05) is 6.92 Å². The first-order chi connectivity index (χ1) is 10.7. The van der Waals surface area contributed by atoms with Crippen molar-refractivity contribution >= 4 is 5.91 Å². The highest BCUT2D eigenvalue weighted by Crippen LogP contribution is 2.20. The monoisotopic (exact) mass is 302 g/mol. The standard InChI is InChI=1S/C16H22N4O2/c1-3-13-10-19(2)6-4-7-20(13)16(21)15-9-14(17-18-15)12-5-8-22-11-12/h5,8-9,11,13H,3-4,6-7,10H2,1-2H3,(H,17,18). The minimum absolute atomic E-state index is 0.0318. The number of hydrogen-bond acceptors (Lipinski definition) is 4. The molecule has 0 radical (unpaired) electrons. The SMILES string of the molecule is CCC1CN(C)CCCN1C(=O)c1cc(-c2ccoc2)n[nH]1. The van der Waals surface area contributed by atoms with Crippen LogP contribution >= 0.6 is 0 Å². The van der Waals surface area contributed by atoms with E-state index >= 15 is 0 Å². The van der Waals surface area contributed by atoms with Gasteiger partial charge in [-0.2, -0.15) is 5.10 Å². The van der Waals surface area contributed by atoms with Crippen LogP contribution in [-0.2, 0) is 0 Å². The summed E-state index contributed by atoms with van der Waals surface area (Å²) >= 11 is 0. The number of H-pyrrole nitrogens is 1. The highest BCUT2D eigenvalue weighted by molar-refractivity contribution is 5.93. The molecule has 1 unspecified atom stereocenters. The van der Waals surface area contributed by atoms with Crippen LogP contribution in [0.3, 0.4) is 0 Å². The lowest BCUT2D eigenvalue weighted by molar-refractivity contribution is 0.0669. The molecule has 1 aliphatic rings. The van der Waals surface area contributed by atoms with E-state index in [1.54, 1.807) is 18.6 Å². The van der Waals surface area contributed by atoms with E-state index in [9.17, 15) is 4.79 Å². The molecule has 1 N–H and O–H groups in total. The Bertz CT molecular complexity index is 620. The highest BCUT2D eigenvalue weighted by atomic mass is 16.3. The fourth-order valence-corrected chi connectivity index (χ4v) is 3.00. The molecule has 0 bridgehead atoms. The summed E-state index contributed by atoms with van der Waals surface area (Å²) in [6.45, 7) is 4.88. The van der Waals surface area contributed by atoms with E-state index in [-0.39, 0.29) is 11.9 Å². The first-order valence-corrected chi connectivity index (χ1v) is 7.76. The van der Waals surface area contributed by atoms with Crippen LogP contribution < -0.4 is 0 Å². The van der Waals surface area contributed by atoms with Crippen molar-refractivity contribution in [3.63, 3.8) is 0 Å². The second-order valence-corrected chi connectivity index (χ2v) is 5.86. The number of nitrogens with one attached hydrogen (secondary N) is 1. The van der Waals surface area contributed by atoms with E-state index in [0.717, 1.165) is 43.7 Å². The Balaban J connectivity index is 1.80. The van der Waals surface area contributed by atoms with Crippen LogP contribution in [0.1, 0.15) is 30.3 Å². The molecule has 0 spiro atoms. The highest BCUT2D eigenvalue weighted by Gasteiger charge is 2.28. The summed E-state index contributed by atoms with van der Waals surface area (Å²) in [4.78, 5) is 17.1. The Morgan fingerprint density at radius 2 is 2.36 bits per heavy atom. The first-order valence-electron chi connectivity index (χ1n) is 7.76. The third-order valence-corrected chi connectivity index (χ3v) is 4.26. The molecule has 1 fully saturated rings. The van der Waals surface area contributed by atoms with E-state index in [4.69, 9.17) is 4.42 Å². The zero-order valence-electron chi connectivity index (χ0n) is 13.1. The number of furan rings is 1. The van der Waals surface area contributed by atoms with Crippen molar-refractivity contribution in [2.24, 2.45) is 0 Å². The Morgan fingerprint density at radius 1 is 1.50 bits per heavy atom. The van der Waals surface area contributed by atoms with Gasteiger partial charge in [0.05, 0.1) is 18.2 Å². The summed E-state index contributed by atoms with van der Waals surface area (Å²) in [5.74, 6) is 0.0318. The Hall–Kier alpha value is -2.08. The quantitative estimate of drug-likeness (QED) is 0.944. The summed E-state index contributed by atoms with van der Waals surface area (Å²) in [5.41, 5.74) is 2.15. The third kappa shape index (κ3) is 2.92. The topological polar surface area (TPSA) is 65.4 Å². The van der Waals surface area contributed by atoms with Crippen LogP contribution in [0.25, 0.3) is 11.3 Å². The first kappa shape index (κ1) is 14.8. The molecular formula is C16H22N4O2. The number of carbonyl (C=O) groups excluding carboxylic acids is 1. The van der Waals surface area contributed by atoms with Gasteiger partial charge in [0.1, 0.15) is 5.69 Å². The van der Waals surface area contributed by atoms with E-state index in [2.05, 4.69) is 29.1 Å². The average molecular weight is 302 g/mol. The molecule has 3 heterocycles. The molecule has 0 aromatic carbocycles. The normalized spacial score (nSPS) is 20.1. The van der Waals surface area contributed by atoms with Crippen molar-refractivity contribution in [3.8, 4) is 11.3 Å². The number of nitrogens with zero attached hydrogens (tertiary/aromatic N) is 3. The molecule has 0 aliphatic carbocycles. The molecule has 1 aliphatic heterocycles. The number of rotatable bonds is 3. The van der Waals surface area contributed by atoms with E-state index in [0.29, 0.717) is 5.69 Å². The second kappa shape index (κ2) is 6.36. The zero-order valence-corrected chi connectivity index (χ0v) is 13.1. The lowest BCUT2D eigenvalue weighted by Gasteiger charge is -2.29. The number of aromatic nitrogens is 2. The summed E-state index contributed by atoms with van der Waals surface area (Å²) in [5, 5.41) is 7.09. The fourth-order valence-electron chi connectivity index (χ4n) is 3.00. The molecule has 6 nitrogen and oxygen atoms in total. The number of aromatic amines is 1. The van der Waals surface area contributed by atoms with Crippen molar-refractivity contribution in [2.45, 2.75) is 25.8 Å². The van der Waals surface area contributed by atoms with E-state index in [1.165, 1.54) is 0 Å². The Morgan fingerprint density at radius 3 is 3.09 bits per heavy atom. The lowest BCUT2D eigenvalue weighted by Crippen LogP contribution is -2.43. The van der Waals surface area contributed by atoms with Crippen LogP contribution in [0, 0.1) is 0 Å². The van der Waals surface area contributed by atoms with E-state index in [1.807, 2.05) is 11.0 Å². The van der Waals surface area contributed by atoms with Crippen LogP contribution in [-0.4, -0.2) is 58.6 Å². The van der Waals surface area contributed by atoms with Gasteiger partial charge in [-0.05, 0) is 38.6 Å². The molecule has 6 heteroatoms. The van der Waals surface area contributed by atoms with Gasteiger partial charge in [0, 0.05) is 24.7 Å². The van der Waals surface area contributed by atoms with Gasteiger partial charge in [-0.3, -0.25) is 9.89 Å². The predicted molar refractivity (Wildman–Crippen MR) is 83.5 cm³/mol. The number of amides is 1. The molecule has 2 aromatic rings. The predicted octanol–water partition coefficient (Wildman–Crippen LogP) is 2.23. The van der Waals surface area contributed by atoms with Crippen LogP contribution in [0.5, 0.6) is 0 Å².